The summed E-state index contributed by atoms with van der Waals surface area (Å²) in [6.07, 6.45) is -1.98. The van der Waals surface area contributed by atoms with Gasteiger partial charge in [-0.1, -0.05) is 0 Å². The van der Waals surface area contributed by atoms with Crippen LogP contribution in [0.15, 0.2) is 41.3 Å². The van der Waals surface area contributed by atoms with E-state index in [4.69, 9.17) is 4.74 Å². The van der Waals surface area contributed by atoms with Gasteiger partial charge in [-0.25, -0.2) is 13.2 Å². The van der Waals surface area contributed by atoms with Crippen molar-refractivity contribution in [2.75, 3.05) is 18.4 Å². The molecule has 0 radical (unpaired) electrons. The molecule has 176 valence electrons. The van der Waals surface area contributed by atoms with Gasteiger partial charge in [-0.05, 0) is 80.1 Å². The number of ether oxygens (including phenoxy) is 2. The first-order valence-corrected chi connectivity index (χ1v) is 11.3. The number of hydrogen-bond acceptors (Lipinski definition) is 5. The van der Waals surface area contributed by atoms with Gasteiger partial charge in [-0.2, -0.15) is 13.2 Å². The van der Waals surface area contributed by atoms with Gasteiger partial charge in [0, 0.05) is 5.69 Å². The van der Waals surface area contributed by atoms with E-state index in [0.717, 1.165) is 54.7 Å². The molecule has 2 aromatic carbocycles. The van der Waals surface area contributed by atoms with Crippen LogP contribution in [0.3, 0.4) is 0 Å². The van der Waals surface area contributed by atoms with Crippen molar-refractivity contribution >= 4 is 21.8 Å². The molecule has 2 aromatic rings. The molecule has 0 bridgehead atoms. The fourth-order valence-electron chi connectivity index (χ4n) is 3.32. The maximum absolute atomic E-state index is 12.8. The quantitative estimate of drug-likeness (QED) is 0.664. The van der Waals surface area contributed by atoms with Gasteiger partial charge < -0.3 is 15.2 Å². The van der Waals surface area contributed by atoms with Crippen molar-refractivity contribution in [2.45, 2.75) is 43.7 Å². The Hall–Kier alpha value is -2.95. The Morgan fingerprint density at radius 1 is 1.06 bits per heavy atom. The lowest BCUT2D eigenvalue weighted by atomic mass is 9.91. The highest BCUT2D eigenvalue weighted by atomic mass is 32.2. The predicted molar refractivity (Wildman–Crippen MR) is 113 cm³/mol. The Kier molecular flexibility index (Phi) is 8.37. The number of methoxy groups -OCH3 is 1. The van der Waals surface area contributed by atoms with E-state index in [0.29, 0.717) is 18.8 Å². The molecule has 1 aliphatic rings. The molecule has 1 aliphatic carbocycles. The lowest BCUT2D eigenvalue weighted by Gasteiger charge is -2.22. The number of nitrogens with one attached hydrogen (secondary N) is 1. The van der Waals surface area contributed by atoms with Crippen LogP contribution in [-0.2, 0) is 33.8 Å². The fraction of sp³-hybridized carbons (Fsp3) is 0.381. The molecule has 0 aromatic heterocycles. The van der Waals surface area contributed by atoms with Gasteiger partial charge in [0.05, 0.1) is 24.2 Å². The molecule has 7 nitrogen and oxygen atoms in total. The predicted octanol–water partition coefficient (Wildman–Crippen LogP) is 4.50. The first-order chi connectivity index (χ1) is 15.0. The molecular weight excluding hydrogens is 449 g/mol. The van der Waals surface area contributed by atoms with Crippen LogP contribution in [-0.4, -0.2) is 28.2 Å². The summed E-state index contributed by atoms with van der Waals surface area (Å²) in [6.45, 7) is 2.06. The van der Waals surface area contributed by atoms with Gasteiger partial charge in [0.1, 0.15) is 5.75 Å². The van der Waals surface area contributed by atoms with Gasteiger partial charge >= 0.3 is 12.3 Å². The molecule has 32 heavy (non-hydrogen) atoms. The zero-order valence-corrected chi connectivity index (χ0v) is 18.5. The zero-order valence-electron chi connectivity index (χ0n) is 17.7. The number of sulfonamides is 1. The van der Waals surface area contributed by atoms with Crippen LogP contribution in [0, 0.1) is 0 Å². The minimum Gasteiger partial charge on any atom is -0.496 e. The normalized spacial score (nSPS) is 13.3. The summed E-state index contributed by atoms with van der Waals surface area (Å²) in [5, 5.41) is 0. The summed E-state index contributed by atoms with van der Waals surface area (Å²) < 4.78 is 75.3. The smallest absolute Gasteiger partial charge is 0.416 e. The van der Waals surface area contributed by atoms with Crippen LogP contribution in [0.5, 0.6) is 5.75 Å². The maximum Gasteiger partial charge on any atom is 0.416 e. The number of halogens is 3. The molecule has 1 amide bonds. The molecule has 3 rings (SSSR count). The molecule has 0 aliphatic heterocycles. The minimum atomic E-state index is -4.47. The van der Waals surface area contributed by atoms with Crippen LogP contribution >= 0.6 is 0 Å². The van der Waals surface area contributed by atoms with Crippen molar-refractivity contribution in [1.82, 2.24) is 0 Å². The third-order valence-electron chi connectivity index (χ3n) is 4.71. The van der Waals surface area contributed by atoms with Gasteiger partial charge in [0.15, 0.2) is 0 Å². The van der Waals surface area contributed by atoms with Gasteiger partial charge in [0.2, 0.25) is 0 Å². The second-order valence-electron chi connectivity index (χ2n) is 6.86. The zero-order chi connectivity index (χ0) is 23.9. The highest BCUT2D eigenvalue weighted by Crippen LogP contribution is 2.35. The molecule has 0 fully saturated rings. The maximum atomic E-state index is 12.8. The summed E-state index contributed by atoms with van der Waals surface area (Å²) >= 11 is 0. The summed E-state index contributed by atoms with van der Waals surface area (Å²) in [5.74, 6) is 0.660. The van der Waals surface area contributed by atoms with E-state index >= 15 is 0 Å². The lowest BCUT2D eigenvalue weighted by Crippen LogP contribution is -2.18. The van der Waals surface area contributed by atoms with Gasteiger partial charge in [-0.15, -0.1) is 0 Å². The van der Waals surface area contributed by atoms with Crippen LogP contribution in [0.4, 0.5) is 23.7 Å². The Morgan fingerprint density at radius 3 is 2.12 bits per heavy atom. The van der Waals surface area contributed by atoms with Crippen molar-refractivity contribution in [3.8, 4) is 5.75 Å². The number of amides is 1. The molecule has 0 atom stereocenters. The molecule has 0 heterocycles. The number of hydrogen-bond donors (Lipinski definition) is 2. The molecule has 0 saturated carbocycles. The third-order valence-corrected chi connectivity index (χ3v) is 6.18. The minimum absolute atomic E-state index is 0.0818. The number of benzene rings is 2. The first kappa shape index (κ1) is 25.3. The Morgan fingerprint density at radius 2 is 1.66 bits per heavy atom. The molecular formula is C21H25F3N2O5S. The highest BCUT2D eigenvalue weighted by molar-refractivity contribution is 7.92. The summed E-state index contributed by atoms with van der Waals surface area (Å²) in [7, 11) is -2.37. The average molecular weight is 475 g/mol. The van der Waals surface area contributed by atoms with E-state index in [2.05, 4.69) is 15.2 Å². The number of fused-ring (bicyclic) bond motifs is 1. The SMILES string of the molecule is CCOC(N)=O.COc1ccc(S(=O)(=O)Nc2ccc(C(F)(F)F)cc2)c2c1CCCC2. The number of nitrogens with two attached hydrogens (primary N) is 1. The van der Waals surface area contributed by atoms with E-state index in [1.54, 1.807) is 20.1 Å². The largest absolute Gasteiger partial charge is 0.496 e. The molecule has 0 unspecified atom stereocenters. The van der Waals surface area contributed by atoms with Crippen molar-refractivity contribution in [1.29, 1.82) is 0 Å². The fourth-order valence-corrected chi connectivity index (χ4v) is 4.68. The third kappa shape index (κ3) is 6.52. The topological polar surface area (TPSA) is 108 Å². The lowest BCUT2D eigenvalue weighted by molar-refractivity contribution is -0.137. The number of carbonyl (C=O) groups is 1. The van der Waals surface area contributed by atoms with E-state index in [1.165, 1.54) is 6.07 Å². The number of primary amides is 1. The average Bonchev–Trinajstić information content (AvgIpc) is 2.72. The molecule has 3 N–H and O–H groups in total. The van der Waals surface area contributed by atoms with E-state index < -0.39 is 27.9 Å². The van der Waals surface area contributed by atoms with E-state index in [-0.39, 0.29) is 10.6 Å². The van der Waals surface area contributed by atoms with Crippen LogP contribution < -0.4 is 15.2 Å². The monoisotopic (exact) mass is 474 g/mol. The number of carbonyl (C=O) groups excluding carboxylic acids is 1. The first-order valence-electron chi connectivity index (χ1n) is 9.80. The number of alkyl halides is 3. The van der Waals surface area contributed by atoms with Crippen molar-refractivity contribution in [2.24, 2.45) is 5.73 Å². The van der Waals surface area contributed by atoms with Crippen LogP contribution in [0.2, 0.25) is 0 Å². The highest BCUT2D eigenvalue weighted by Gasteiger charge is 2.30. The van der Waals surface area contributed by atoms with Crippen molar-refractivity contribution in [3.05, 3.63) is 53.1 Å². The van der Waals surface area contributed by atoms with Crippen LogP contribution in [0.1, 0.15) is 36.5 Å². The Bertz CT molecular complexity index is 1040. The van der Waals surface area contributed by atoms with Gasteiger partial charge in [0.25, 0.3) is 10.0 Å². The molecule has 11 heteroatoms. The standard InChI is InChI=1S/C18H18F3NO3S.C3H7NO2/c1-25-16-10-11-17(15-5-3-2-4-14(15)16)26(23,24)22-13-8-6-12(7-9-13)18(19,20)21;1-2-6-3(4)5/h6-11,22H,2-5H2,1H3;2H2,1H3,(H2,4,5). The number of anilines is 1. The Balaban J connectivity index is 0.000000534. The van der Waals surface area contributed by atoms with E-state index in [1.807, 2.05) is 0 Å². The summed E-state index contributed by atoms with van der Waals surface area (Å²) in [4.78, 5) is 9.75. The van der Waals surface area contributed by atoms with Crippen LogP contribution in [0.25, 0.3) is 0 Å². The second-order valence-corrected chi connectivity index (χ2v) is 8.51. The number of rotatable bonds is 5. The van der Waals surface area contributed by atoms with Crippen molar-refractivity contribution < 1.29 is 35.9 Å². The summed E-state index contributed by atoms with van der Waals surface area (Å²) in [5.41, 5.74) is 5.39. The van der Waals surface area contributed by atoms with Crippen molar-refractivity contribution in [3.63, 3.8) is 0 Å². The molecule has 0 spiro atoms. The van der Waals surface area contributed by atoms with Gasteiger partial charge in [-0.3, -0.25) is 4.72 Å². The summed E-state index contributed by atoms with van der Waals surface area (Å²) in [6, 6.07) is 7.01. The van der Waals surface area contributed by atoms with E-state index in [9.17, 15) is 26.4 Å². The second kappa shape index (κ2) is 10.6. The molecule has 0 saturated heterocycles. The Labute approximate surface area is 184 Å².